The number of esters is 4. The second kappa shape index (κ2) is 14.7. The van der Waals surface area contributed by atoms with Crippen LogP contribution in [0.2, 0.25) is 0 Å². The van der Waals surface area contributed by atoms with E-state index in [-0.39, 0.29) is 19.8 Å². The SMILES string of the molecule is CCOC(=O)c1nn(C(C(=O)O)P(=O)(OCC)OCC)c2c(=O)n(C3OC(COC(C)=O)C(OC(C)=O)C3OC(C)=O)nnc12. The molecule has 0 aromatic carbocycles. The van der Waals surface area contributed by atoms with Crippen molar-refractivity contribution in [2.24, 2.45) is 0 Å². The third-order valence-corrected chi connectivity index (χ3v) is 8.23. The first-order chi connectivity index (χ1) is 21.2. The molecule has 3 rings (SSSR count). The van der Waals surface area contributed by atoms with E-state index in [1.807, 2.05) is 0 Å². The number of hydrogen-bond acceptors (Lipinski definition) is 17. The minimum Gasteiger partial charge on any atom is -0.479 e. The summed E-state index contributed by atoms with van der Waals surface area (Å²) in [6.45, 7) is 6.32. The quantitative estimate of drug-likeness (QED) is 0.163. The number of aliphatic carboxylic acids is 1. The molecule has 248 valence electrons. The Hall–Kier alpha value is -4.26. The van der Waals surface area contributed by atoms with Crippen LogP contribution in [0.3, 0.4) is 0 Å². The average Bonchev–Trinajstić information content (AvgIpc) is 3.46. The lowest BCUT2D eigenvalue weighted by Gasteiger charge is -2.24. The number of hydrogen-bond donors (Lipinski definition) is 1. The van der Waals surface area contributed by atoms with Crippen LogP contribution in [-0.4, -0.2) is 104 Å². The van der Waals surface area contributed by atoms with E-state index in [1.165, 1.54) is 20.8 Å². The highest BCUT2D eigenvalue weighted by Gasteiger charge is 2.52. The van der Waals surface area contributed by atoms with Crippen molar-refractivity contribution >= 4 is 48.5 Å². The van der Waals surface area contributed by atoms with Crippen molar-refractivity contribution in [1.82, 2.24) is 24.8 Å². The van der Waals surface area contributed by atoms with Crippen LogP contribution in [0.4, 0.5) is 0 Å². The van der Waals surface area contributed by atoms with E-state index < -0.39 is 96.7 Å². The van der Waals surface area contributed by atoms with Gasteiger partial charge in [-0.25, -0.2) is 14.3 Å². The van der Waals surface area contributed by atoms with Gasteiger partial charge in [-0.15, -0.1) is 5.10 Å². The third kappa shape index (κ3) is 7.52. The van der Waals surface area contributed by atoms with Crippen molar-refractivity contribution < 1.29 is 66.4 Å². The summed E-state index contributed by atoms with van der Waals surface area (Å²) >= 11 is 0. The summed E-state index contributed by atoms with van der Waals surface area (Å²) in [5.74, 6) is -7.70. The van der Waals surface area contributed by atoms with Gasteiger partial charge in [-0.05, 0) is 20.8 Å². The predicted molar refractivity (Wildman–Crippen MR) is 145 cm³/mol. The summed E-state index contributed by atoms with van der Waals surface area (Å²) in [5, 5.41) is 21.8. The fourth-order valence-electron chi connectivity index (χ4n) is 4.44. The highest BCUT2D eigenvalue weighted by atomic mass is 31.2. The Labute approximate surface area is 254 Å². The summed E-state index contributed by atoms with van der Waals surface area (Å²) in [4.78, 5) is 74.9. The molecule has 1 aliphatic heterocycles. The lowest BCUT2D eigenvalue weighted by atomic mass is 10.1. The Balaban J connectivity index is 2.34. The summed E-state index contributed by atoms with van der Waals surface area (Å²) in [7, 11) is -4.64. The van der Waals surface area contributed by atoms with Crippen molar-refractivity contribution in [3.05, 3.63) is 16.0 Å². The number of carbonyl (C=O) groups is 5. The summed E-state index contributed by atoms with van der Waals surface area (Å²) in [6, 6.07) is 0. The molecule has 0 radical (unpaired) electrons. The molecule has 3 heterocycles. The monoisotopic (exact) mass is 661 g/mol. The zero-order valence-electron chi connectivity index (χ0n) is 25.1. The second-order valence-electron chi connectivity index (χ2n) is 9.15. The number of rotatable bonds is 14. The van der Waals surface area contributed by atoms with Crippen LogP contribution in [-0.2, 0) is 56.5 Å². The number of aromatic nitrogens is 5. The van der Waals surface area contributed by atoms with Crippen LogP contribution in [0.25, 0.3) is 11.0 Å². The molecule has 20 nitrogen and oxygen atoms in total. The lowest BCUT2D eigenvalue weighted by Crippen LogP contribution is -2.42. The van der Waals surface area contributed by atoms with Crippen LogP contribution in [0.1, 0.15) is 64.0 Å². The number of carboxylic acids is 1. The second-order valence-corrected chi connectivity index (χ2v) is 11.2. The van der Waals surface area contributed by atoms with E-state index in [0.717, 1.165) is 20.8 Å². The van der Waals surface area contributed by atoms with Gasteiger partial charge in [0.25, 0.3) is 5.56 Å². The van der Waals surface area contributed by atoms with Gasteiger partial charge in [0.1, 0.15) is 12.7 Å². The molecule has 0 bridgehead atoms. The number of nitrogens with zero attached hydrogens (tertiary/aromatic N) is 5. The first-order valence-corrected chi connectivity index (χ1v) is 15.1. The molecule has 0 spiro atoms. The molecule has 1 aliphatic rings. The highest BCUT2D eigenvalue weighted by molar-refractivity contribution is 7.55. The molecule has 0 amide bonds. The van der Waals surface area contributed by atoms with Gasteiger partial charge in [-0.3, -0.25) is 23.7 Å². The van der Waals surface area contributed by atoms with E-state index in [9.17, 15) is 38.4 Å². The van der Waals surface area contributed by atoms with Crippen molar-refractivity contribution in [2.75, 3.05) is 26.4 Å². The number of fused-ring (bicyclic) bond motifs is 1. The van der Waals surface area contributed by atoms with E-state index in [4.69, 9.17) is 32.7 Å². The molecule has 2 aromatic rings. The fourth-order valence-corrected chi connectivity index (χ4v) is 6.23. The largest absolute Gasteiger partial charge is 0.479 e. The molecule has 1 fully saturated rings. The number of carboxylic acid groups (broad SMARTS) is 1. The molecular formula is C24H32N5O15P. The molecule has 5 unspecified atom stereocenters. The molecule has 1 saturated heterocycles. The summed E-state index contributed by atoms with van der Waals surface area (Å²) < 4.78 is 51.5. The standard InChI is InChI=1S/C24H32N5O15P/c1-7-38-24(36)16-15-17(28(26-16)22(23(34)35)45(37,40-8-2)41-9-3)20(33)29(27-25-15)21-19(43-13(6)32)18(42-12(5)31)14(44-21)10-39-11(4)30/h14,18-19,21-22H,7-10H2,1-6H3,(H,34,35). The molecule has 2 aromatic heterocycles. The normalized spacial score (nSPS) is 20.4. The molecule has 1 N–H and O–H groups in total. The topological polar surface area (TPSA) is 253 Å². The van der Waals surface area contributed by atoms with Gasteiger partial charge in [0.05, 0.1) is 19.8 Å². The predicted octanol–water partition coefficient (Wildman–Crippen LogP) is 0.338. The van der Waals surface area contributed by atoms with E-state index in [0.29, 0.717) is 9.36 Å². The third-order valence-electron chi connectivity index (χ3n) is 5.96. The maximum atomic E-state index is 14.1. The van der Waals surface area contributed by atoms with Crippen LogP contribution in [0.5, 0.6) is 0 Å². The molecular weight excluding hydrogens is 629 g/mol. The van der Waals surface area contributed by atoms with Gasteiger partial charge in [-0.2, -0.15) is 9.78 Å². The van der Waals surface area contributed by atoms with Gasteiger partial charge >= 0.3 is 37.4 Å². The maximum Gasteiger partial charge on any atom is 0.366 e. The summed E-state index contributed by atoms with van der Waals surface area (Å²) in [6.07, 6.45) is -6.01. The first-order valence-electron chi connectivity index (χ1n) is 13.5. The molecule has 0 aliphatic carbocycles. The van der Waals surface area contributed by atoms with Gasteiger partial charge < -0.3 is 37.8 Å². The summed E-state index contributed by atoms with van der Waals surface area (Å²) in [5.41, 5.74) is -3.15. The van der Waals surface area contributed by atoms with E-state index >= 15 is 0 Å². The molecule has 5 atom stereocenters. The van der Waals surface area contributed by atoms with Crippen molar-refractivity contribution in [3.8, 4) is 0 Å². The van der Waals surface area contributed by atoms with E-state index in [2.05, 4.69) is 15.4 Å². The van der Waals surface area contributed by atoms with Crippen molar-refractivity contribution in [1.29, 1.82) is 0 Å². The van der Waals surface area contributed by atoms with Crippen LogP contribution in [0.15, 0.2) is 4.79 Å². The van der Waals surface area contributed by atoms with Gasteiger partial charge in [-0.1, -0.05) is 5.21 Å². The zero-order chi connectivity index (χ0) is 33.6. The Kier molecular flexibility index (Phi) is 11.5. The van der Waals surface area contributed by atoms with Crippen molar-refractivity contribution in [2.45, 2.75) is 71.9 Å². The van der Waals surface area contributed by atoms with E-state index in [1.54, 1.807) is 0 Å². The maximum absolute atomic E-state index is 14.1. The average molecular weight is 662 g/mol. The zero-order valence-corrected chi connectivity index (χ0v) is 26.0. The minimum absolute atomic E-state index is 0.141. The number of carbonyl (C=O) groups excluding carboxylic acids is 4. The van der Waals surface area contributed by atoms with Crippen LogP contribution >= 0.6 is 7.60 Å². The van der Waals surface area contributed by atoms with Gasteiger partial charge in [0.2, 0.25) is 5.78 Å². The molecule has 45 heavy (non-hydrogen) atoms. The Morgan fingerprint density at radius 3 is 2.04 bits per heavy atom. The lowest BCUT2D eigenvalue weighted by molar-refractivity contribution is -0.166. The first kappa shape index (κ1) is 35.2. The van der Waals surface area contributed by atoms with Gasteiger partial charge in [0.15, 0.2) is 35.2 Å². The van der Waals surface area contributed by atoms with Crippen LogP contribution in [0, 0.1) is 0 Å². The highest BCUT2D eigenvalue weighted by Crippen LogP contribution is 2.59. The Morgan fingerprint density at radius 1 is 0.933 bits per heavy atom. The Morgan fingerprint density at radius 2 is 1.53 bits per heavy atom. The van der Waals surface area contributed by atoms with Gasteiger partial charge in [0, 0.05) is 20.8 Å². The fraction of sp³-hybridized carbons (Fsp3) is 0.625. The molecule has 0 saturated carbocycles. The van der Waals surface area contributed by atoms with Crippen molar-refractivity contribution in [3.63, 3.8) is 0 Å². The van der Waals surface area contributed by atoms with Crippen LogP contribution < -0.4 is 5.56 Å². The minimum atomic E-state index is -4.64. The number of ether oxygens (including phenoxy) is 5. The Bertz CT molecular complexity index is 1560. The molecule has 21 heteroatoms. The smallest absolute Gasteiger partial charge is 0.366 e.